The summed E-state index contributed by atoms with van der Waals surface area (Å²) in [5.74, 6) is 1.53. The van der Waals surface area contributed by atoms with Crippen LogP contribution in [0.2, 0.25) is 0 Å². The molecule has 0 saturated heterocycles. The summed E-state index contributed by atoms with van der Waals surface area (Å²) in [5.41, 5.74) is 0. The molecule has 106 valence electrons. The van der Waals surface area contributed by atoms with Gasteiger partial charge in [-0.2, -0.15) is 0 Å². The second-order valence-electron chi connectivity index (χ2n) is 3.85. The number of halogens is 4. The first-order valence-corrected chi connectivity index (χ1v) is 9.09. The van der Waals surface area contributed by atoms with E-state index >= 15 is 0 Å². The quantitative estimate of drug-likeness (QED) is 0.435. The Morgan fingerprint density at radius 2 is 0.900 bits per heavy atom. The highest BCUT2D eigenvalue weighted by Gasteiger charge is 2.19. The Morgan fingerprint density at radius 3 is 1.20 bits per heavy atom. The Balaban J connectivity index is 1.93. The normalized spacial score (nSPS) is 13.6. The van der Waals surface area contributed by atoms with E-state index in [1.54, 1.807) is 0 Å². The molecule has 2 rings (SSSR count). The summed E-state index contributed by atoms with van der Waals surface area (Å²) in [6.45, 7) is 0. The first kappa shape index (κ1) is 16.3. The maximum Gasteiger partial charge on any atom is 0.199 e. The minimum Gasteiger partial charge on any atom is -0.474 e. The van der Waals surface area contributed by atoms with Gasteiger partial charge in [-0.3, -0.25) is 0 Å². The van der Waals surface area contributed by atoms with Gasteiger partial charge in [-0.15, -0.1) is 0 Å². The largest absolute Gasteiger partial charge is 0.474 e. The van der Waals surface area contributed by atoms with Gasteiger partial charge in [0.25, 0.3) is 0 Å². The minimum absolute atomic E-state index is 0.313. The first-order chi connectivity index (χ1) is 9.54. The lowest BCUT2D eigenvalue weighted by atomic mass is 10.3. The number of rotatable bonds is 5. The zero-order valence-corrected chi connectivity index (χ0v) is 16.4. The molecule has 0 heterocycles. The molecule has 0 aliphatic heterocycles. The Hall–Kier alpha value is -0.0400. The molecule has 2 atom stereocenters. The number of ether oxygens (including phenoxy) is 2. The van der Waals surface area contributed by atoms with E-state index in [1.165, 1.54) is 0 Å². The Kier molecular flexibility index (Phi) is 6.39. The van der Waals surface area contributed by atoms with E-state index in [2.05, 4.69) is 63.7 Å². The van der Waals surface area contributed by atoms with Crippen molar-refractivity contribution >= 4 is 63.7 Å². The summed E-state index contributed by atoms with van der Waals surface area (Å²) in [6, 6.07) is 15.2. The summed E-state index contributed by atoms with van der Waals surface area (Å²) in [6.07, 6.45) is 0. The lowest BCUT2D eigenvalue weighted by Crippen LogP contribution is -2.26. The molecule has 0 aromatic heterocycles. The highest BCUT2D eigenvalue weighted by Crippen LogP contribution is 2.25. The number of alkyl halides is 2. The molecule has 2 aromatic rings. The van der Waals surface area contributed by atoms with Gasteiger partial charge in [-0.1, -0.05) is 31.9 Å². The van der Waals surface area contributed by atoms with Gasteiger partial charge in [-0.25, -0.2) is 0 Å². The monoisotopic (exact) mass is 526 g/mol. The molecule has 0 amide bonds. The van der Waals surface area contributed by atoms with Crippen LogP contribution in [0.25, 0.3) is 0 Å². The van der Waals surface area contributed by atoms with Crippen LogP contribution in [0.1, 0.15) is 0 Å². The molecule has 20 heavy (non-hydrogen) atoms. The average Bonchev–Trinajstić information content (AvgIpc) is 2.44. The van der Waals surface area contributed by atoms with Crippen LogP contribution in [0.3, 0.4) is 0 Å². The van der Waals surface area contributed by atoms with Gasteiger partial charge in [-0.05, 0) is 80.4 Å². The molecule has 0 spiro atoms. The maximum atomic E-state index is 5.74. The third-order valence-electron chi connectivity index (χ3n) is 2.33. The van der Waals surface area contributed by atoms with Gasteiger partial charge in [0.05, 0.1) is 0 Å². The zero-order chi connectivity index (χ0) is 14.5. The minimum atomic E-state index is -0.313. The fraction of sp³-hybridized carbons (Fsp3) is 0.143. The van der Waals surface area contributed by atoms with Gasteiger partial charge < -0.3 is 9.47 Å². The molecule has 0 bridgehead atoms. The number of hydrogen-bond acceptors (Lipinski definition) is 2. The predicted molar refractivity (Wildman–Crippen MR) is 95.0 cm³/mol. The molecule has 0 saturated carbocycles. The maximum absolute atomic E-state index is 5.74. The standard InChI is InChI=1S/C14H10Br4O2/c15-9-1-5-11(6-2-9)19-13(17)14(18)20-12-7-3-10(16)4-8-12/h1-8,13-14H/t13-,14-/m0/s1. The van der Waals surface area contributed by atoms with Crippen LogP contribution in [-0.4, -0.2) is 10.0 Å². The Labute approximate surface area is 151 Å². The van der Waals surface area contributed by atoms with Crippen molar-refractivity contribution in [1.82, 2.24) is 0 Å². The molecular weight excluding hydrogens is 520 g/mol. The topological polar surface area (TPSA) is 18.5 Å². The number of hydrogen-bond donors (Lipinski definition) is 0. The van der Waals surface area contributed by atoms with Crippen LogP contribution < -0.4 is 9.47 Å². The lowest BCUT2D eigenvalue weighted by molar-refractivity contribution is 0.178. The van der Waals surface area contributed by atoms with Crippen LogP contribution in [0.15, 0.2) is 57.5 Å². The summed E-state index contributed by atoms with van der Waals surface area (Å²) in [7, 11) is 0. The van der Waals surface area contributed by atoms with Crippen molar-refractivity contribution in [2.75, 3.05) is 0 Å². The van der Waals surface area contributed by atoms with Crippen LogP contribution >= 0.6 is 63.7 Å². The molecule has 0 aliphatic rings. The molecule has 0 N–H and O–H groups in total. The van der Waals surface area contributed by atoms with Gasteiger partial charge in [0.1, 0.15) is 11.5 Å². The molecule has 2 aromatic carbocycles. The summed E-state index contributed by atoms with van der Waals surface area (Å²) in [4.78, 5) is 0. The van der Waals surface area contributed by atoms with Crippen molar-refractivity contribution in [1.29, 1.82) is 0 Å². The third-order valence-corrected chi connectivity index (χ3v) is 5.43. The summed E-state index contributed by atoms with van der Waals surface area (Å²) in [5, 5.41) is -0.625. The highest BCUT2D eigenvalue weighted by molar-refractivity contribution is 9.12. The van der Waals surface area contributed by atoms with E-state index in [9.17, 15) is 0 Å². The second-order valence-corrected chi connectivity index (χ2v) is 7.48. The fourth-order valence-corrected chi connectivity index (χ4v) is 2.57. The van der Waals surface area contributed by atoms with Gasteiger partial charge in [0.15, 0.2) is 10.0 Å². The molecule has 0 fully saturated rings. The third kappa shape index (κ3) is 5.06. The number of benzene rings is 2. The first-order valence-electron chi connectivity index (χ1n) is 5.67. The van der Waals surface area contributed by atoms with E-state index in [1.807, 2.05) is 48.5 Å². The van der Waals surface area contributed by atoms with Crippen LogP contribution in [-0.2, 0) is 0 Å². The molecule has 2 nitrogen and oxygen atoms in total. The summed E-state index contributed by atoms with van der Waals surface area (Å²) < 4.78 is 13.5. The van der Waals surface area contributed by atoms with E-state index in [0.29, 0.717) is 0 Å². The van der Waals surface area contributed by atoms with Gasteiger partial charge >= 0.3 is 0 Å². The summed E-state index contributed by atoms with van der Waals surface area (Å²) >= 11 is 13.7. The van der Waals surface area contributed by atoms with Crippen molar-refractivity contribution in [2.45, 2.75) is 10.0 Å². The predicted octanol–water partition coefficient (Wildman–Crippen LogP) is 6.11. The van der Waals surface area contributed by atoms with Crippen molar-refractivity contribution in [3.05, 3.63) is 57.5 Å². The van der Waals surface area contributed by atoms with Gasteiger partial charge in [0.2, 0.25) is 0 Å². The molecule has 0 radical (unpaired) electrons. The Morgan fingerprint density at radius 1 is 0.600 bits per heavy atom. The SMILES string of the molecule is Brc1ccc(O[C@H](Br)[C@@H](Br)Oc2ccc(Br)cc2)cc1. The molecular formula is C14H10Br4O2. The second kappa shape index (κ2) is 7.82. The highest BCUT2D eigenvalue weighted by atomic mass is 79.9. The zero-order valence-electron chi connectivity index (χ0n) is 10.1. The van der Waals surface area contributed by atoms with Crippen LogP contribution in [0, 0.1) is 0 Å². The molecule has 0 aliphatic carbocycles. The average molecular weight is 530 g/mol. The molecule has 0 unspecified atom stereocenters. The van der Waals surface area contributed by atoms with E-state index < -0.39 is 0 Å². The van der Waals surface area contributed by atoms with Gasteiger partial charge in [0, 0.05) is 8.95 Å². The van der Waals surface area contributed by atoms with Crippen molar-refractivity contribution in [3.8, 4) is 11.5 Å². The van der Waals surface area contributed by atoms with Crippen LogP contribution in [0.5, 0.6) is 11.5 Å². The van der Waals surface area contributed by atoms with Crippen LogP contribution in [0.4, 0.5) is 0 Å². The smallest absolute Gasteiger partial charge is 0.199 e. The van der Waals surface area contributed by atoms with Crippen molar-refractivity contribution in [2.24, 2.45) is 0 Å². The van der Waals surface area contributed by atoms with E-state index in [0.717, 1.165) is 20.4 Å². The Bertz CT molecular complexity index is 491. The van der Waals surface area contributed by atoms with E-state index in [4.69, 9.17) is 9.47 Å². The van der Waals surface area contributed by atoms with Crippen molar-refractivity contribution < 1.29 is 9.47 Å². The molecule has 6 heteroatoms. The lowest BCUT2D eigenvalue weighted by Gasteiger charge is -2.20. The van der Waals surface area contributed by atoms with Crippen molar-refractivity contribution in [3.63, 3.8) is 0 Å². The van der Waals surface area contributed by atoms with E-state index in [-0.39, 0.29) is 10.0 Å². The fourth-order valence-electron chi connectivity index (χ4n) is 1.39.